The van der Waals surface area contributed by atoms with E-state index in [1.807, 2.05) is 6.92 Å². The maximum absolute atomic E-state index is 11.9. The summed E-state index contributed by atoms with van der Waals surface area (Å²) >= 11 is 5.80. The van der Waals surface area contributed by atoms with Crippen LogP contribution in [0.2, 0.25) is 5.02 Å². The van der Waals surface area contributed by atoms with Crippen LogP contribution in [0, 0.1) is 0 Å². The number of carbonyl (C=O) groups is 1. The van der Waals surface area contributed by atoms with E-state index in [2.05, 4.69) is 5.32 Å². The van der Waals surface area contributed by atoms with Crippen LogP contribution in [0.15, 0.2) is 35.4 Å². The van der Waals surface area contributed by atoms with E-state index < -0.39 is 0 Å². The number of nitrogen functional groups attached to an aromatic ring is 1. The minimum Gasteiger partial charge on any atom is -0.397 e. The van der Waals surface area contributed by atoms with Crippen molar-refractivity contribution in [2.24, 2.45) is 0 Å². The number of benzene rings is 1. The van der Waals surface area contributed by atoms with Crippen LogP contribution in [0.4, 0.5) is 11.4 Å². The Balaban J connectivity index is 2.07. The van der Waals surface area contributed by atoms with E-state index in [0.29, 0.717) is 22.9 Å². The number of anilines is 2. The van der Waals surface area contributed by atoms with Gasteiger partial charge in [-0.1, -0.05) is 11.6 Å². The number of halogens is 1. The van der Waals surface area contributed by atoms with Crippen molar-refractivity contribution in [1.29, 1.82) is 0 Å². The van der Waals surface area contributed by atoms with Crippen LogP contribution in [0.5, 0.6) is 0 Å². The monoisotopic (exact) mass is 294 g/mol. The molecule has 1 amide bonds. The van der Waals surface area contributed by atoms with Gasteiger partial charge in [-0.3, -0.25) is 13.9 Å². The van der Waals surface area contributed by atoms with Crippen LogP contribution in [-0.4, -0.2) is 15.0 Å². The molecule has 0 radical (unpaired) electrons. The first-order valence-corrected chi connectivity index (χ1v) is 6.49. The smallest absolute Gasteiger partial charge is 0.328 e. The molecule has 0 saturated carbocycles. The predicted octanol–water partition coefficient (Wildman–Crippen LogP) is 1.54. The molecule has 1 heterocycles. The van der Waals surface area contributed by atoms with E-state index in [4.69, 9.17) is 17.3 Å². The van der Waals surface area contributed by atoms with Gasteiger partial charge in [0.2, 0.25) is 5.91 Å². The van der Waals surface area contributed by atoms with Gasteiger partial charge in [-0.05, 0) is 25.1 Å². The summed E-state index contributed by atoms with van der Waals surface area (Å²) < 4.78 is 2.87. The first-order chi connectivity index (χ1) is 9.51. The Morgan fingerprint density at radius 3 is 2.65 bits per heavy atom. The molecule has 2 aromatic rings. The third kappa shape index (κ3) is 3.03. The van der Waals surface area contributed by atoms with Crippen LogP contribution in [-0.2, 0) is 17.9 Å². The van der Waals surface area contributed by atoms with E-state index in [1.165, 1.54) is 9.13 Å². The Morgan fingerprint density at radius 2 is 2.05 bits per heavy atom. The van der Waals surface area contributed by atoms with Gasteiger partial charge >= 0.3 is 5.69 Å². The summed E-state index contributed by atoms with van der Waals surface area (Å²) in [6.07, 6.45) is 3.23. The highest BCUT2D eigenvalue weighted by molar-refractivity contribution is 6.33. The maximum Gasteiger partial charge on any atom is 0.328 e. The number of nitrogens with one attached hydrogen (secondary N) is 1. The van der Waals surface area contributed by atoms with E-state index in [-0.39, 0.29) is 18.1 Å². The Morgan fingerprint density at radius 1 is 1.35 bits per heavy atom. The average molecular weight is 295 g/mol. The van der Waals surface area contributed by atoms with E-state index in [0.717, 1.165) is 0 Å². The van der Waals surface area contributed by atoms with Crippen molar-refractivity contribution in [3.8, 4) is 0 Å². The lowest BCUT2D eigenvalue weighted by atomic mass is 10.3. The molecule has 0 aliphatic carbocycles. The Kier molecular flexibility index (Phi) is 4.14. The van der Waals surface area contributed by atoms with Gasteiger partial charge in [-0.25, -0.2) is 4.79 Å². The molecule has 106 valence electrons. The van der Waals surface area contributed by atoms with Crippen molar-refractivity contribution in [2.75, 3.05) is 11.1 Å². The molecule has 6 nitrogen and oxygen atoms in total. The highest BCUT2D eigenvalue weighted by Crippen LogP contribution is 2.22. The van der Waals surface area contributed by atoms with Gasteiger partial charge in [0.05, 0.1) is 10.7 Å². The van der Waals surface area contributed by atoms with Crippen LogP contribution < -0.4 is 16.7 Å². The molecule has 0 unspecified atom stereocenters. The zero-order valence-corrected chi connectivity index (χ0v) is 11.7. The Labute approximate surface area is 120 Å². The van der Waals surface area contributed by atoms with Gasteiger partial charge < -0.3 is 11.1 Å². The largest absolute Gasteiger partial charge is 0.397 e. The molecule has 0 aliphatic heterocycles. The zero-order valence-electron chi connectivity index (χ0n) is 11.0. The fraction of sp³-hybridized carbons (Fsp3) is 0.231. The molecule has 0 saturated heterocycles. The van der Waals surface area contributed by atoms with Gasteiger partial charge in [0.25, 0.3) is 0 Å². The molecule has 2 rings (SSSR count). The minimum atomic E-state index is -0.303. The second-order valence-corrected chi connectivity index (χ2v) is 4.69. The summed E-state index contributed by atoms with van der Waals surface area (Å²) in [5.41, 5.74) is 6.37. The van der Waals surface area contributed by atoms with Gasteiger partial charge in [-0.15, -0.1) is 0 Å². The van der Waals surface area contributed by atoms with Crippen molar-refractivity contribution in [3.63, 3.8) is 0 Å². The van der Waals surface area contributed by atoms with Crippen molar-refractivity contribution in [1.82, 2.24) is 9.13 Å². The number of imidazole rings is 1. The third-order valence-electron chi connectivity index (χ3n) is 2.85. The van der Waals surface area contributed by atoms with Gasteiger partial charge in [0.15, 0.2) is 0 Å². The number of rotatable bonds is 4. The predicted molar refractivity (Wildman–Crippen MR) is 78.9 cm³/mol. The molecule has 1 aromatic heterocycles. The second-order valence-electron chi connectivity index (χ2n) is 4.28. The highest BCUT2D eigenvalue weighted by Gasteiger charge is 2.08. The molecule has 1 aromatic carbocycles. The number of carbonyl (C=O) groups excluding carboxylic acids is 1. The average Bonchev–Trinajstić information content (AvgIpc) is 2.75. The molecule has 7 heteroatoms. The number of amides is 1. The number of nitrogens with two attached hydrogens (primary N) is 1. The summed E-state index contributed by atoms with van der Waals surface area (Å²) in [7, 11) is 0. The lowest BCUT2D eigenvalue weighted by molar-refractivity contribution is -0.116. The summed E-state index contributed by atoms with van der Waals surface area (Å²) in [6.45, 7) is 2.39. The summed E-state index contributed by atoms with van der Waals surface area (Å²) in [4.78, 5) is 23.7. The molecule has 0 bridgehead atoms. The van der Waals surface area contributed by atoms with Crippen molar-refractivity contribution in [3.05, 3.63) is 46.1 Å². The summed E-state index contributed by atoms with van der Waals surface area (Å²) in [5, 5.41) is 3.10. The summed E-state index contributed by atoms with van der Waals surface area (Å²) in [5.74, 6) is -0.303. The lowest BCUT2D eigenvalue weighted by Gasteiger charge is -2.07. The molecular weight excluding hydrogens is 280 g/mol. The molecule has 20 heavy (non-hydrogen) atoms. The molecular formula is C13H15ClN4O2. The van der Waals surface area contributed by atoms with Crippen LogP contribution in [0.3, 0.4) is 0 Å². The van der Waals surface area contributed by atoms with Crippen LogP contribution >= 0.6 is 11.6 Å². The quantitative estimate of drug-likeness (QED) is 0.839. The van der Waals surface area contributed by atoms with E-state index in [1.54, 1.807) is 30.6 Å². The van der Waals surface area contributed by atoms with Crippen molar-refractivity contribution >= 4 is 28.9 Å². The molecule has 0 atom stereocenters. The van der Waals surface area contributed by atoms with E-state index in [9.17, 15) is 9.59 Å². The van der Waals surface area contributed by atoms with Crippen LogP contribution in [0.25, 0.3) is 0 Å². The highest BCUT2D eigenvalue weighted by atomic mass is 35.5. The molecule has 3 N–H and O–H groups in total. The molecule has 0 fully saturated rings. The number of hydrogen-bond acceptors (Lipinski definition) is 3. The topological polar surface area (TPSA) is 82.1 Å². The van der Waals surface area contributed by atoms with Crippen LogP contribution in [0.1, 0.15) is 6.92 Å². The van der Waals surface area contributed by atoms with E-state index >= 15 is 0 Å². The zero-order chi connectivity index (χ0) is 14.7. The Hall–Kier alpha value is -2.21. The first kappa shape index (κ1) is 14.2. The number of aromatic nitrogens is 2. The van der Waals surface area contributed by atoms with Crippen molar-refractivity contribution in [2.45, 2.75) is 20.0 Å². The fourth-order valence-electron chi connectivity index (χ4n) is 1.79. The Bertz CT molecular complexity index is 690. The molecule has 0 spiro atoms. The maximum atomic E-state index is 11.9. The number of nitrogens with zero attached hydrogens (tertiary/aromatic N) is 2. The SMILES string of the molecule is CCn1ccn(CC(=O)Nc2ccc(Cl)c(N)c2)c1=O. The lowest BCUT2D eigenvalue weighted by Crippen LogP contribution is -2.28. The molecule has 0 aliphatic rings. The van der Waals surface area contributed by atoms with Gasteiger partial charge in [0.1, 0.15) is 6.54 Å². The van der Waals surface area contributed by atoms with Gasteiger partial charge in [-0.2, -0.15) is 0 Å². The normalized spacial score (nSPS) is 10.5. The number of aryl methyl sites for hydroxylation is 1. The summed E-state index contributed by atoms with van der Waals surface area (Å²) in [6, 6.07) is 4.82. The van der Waals surface area contributed by atoms with Gasteiger partial charge in [0, 0.05) is 24.6 Å². The fourth-order valence-corrected chi connectivity index (χ4v) is 1.91. The van der Waals surface area contributed by atoms with Crippen molar-refractivity contribution < 1.29 is 4.79 Å². The number of hydrogen-bond donors (Lipinski definition) is 2. The second kappa shape index (κ2) is 5.83. The minimum absolute atomic E-state index is 0.0473. The standard InChI is InChI=1S/C13H15ClN4O2/c1-2-17-5-6-18(13(17)20)8-12(19)16-9-3-4-10(14)11(15)7-9/h3-7H,2,8,15H2,1H3,(H,16,19). The first-order valence-electron chi connectivity index (χ1n) is 6.11. The third-order valence-corrected chi connectivity index (χ3v) is 3.20.